The number of hydrogen-bond acceptors (Lipinski definition) is 2. The smallest absolute Gasteiger partial charge is 0.227 e. The molecule has 3 nitrogen and oxygen atoms in total. The molecule has 0 spiro atoms. The summed E-state index contributed by atoms with van der Waals surface area (Å²) in [6.45, 7) is 5.65. The van der Waals surface area contributed by atoms with Crippen LogP contribution in [0, 0.1) is 11.8 Å². The van der Waals surface area contributed by atoms with Crippen molar-refractivity contribution in [1.82, 2.24) is 4.90 Å². The largest absolute Gasteiger partial charge is 0.339 e. The van der Waals surface area contributed by atoms with Crippen LogP contribution in [0.5, 0.6) is 0 Å². The Kier molecular flexibility index (Phi) is 4.59. The van der Waals surface area contributed by atoms with Gasteiger partial charge in [-0.1, -0.05) is 37.3 Å². The summed E-state index contributed by atoms with van der Waals surface area (Å²) in [5.74, 6) is 0.743. The van der Waals surface area contributed by atoms with E-state index >= 15 is 0 Å². The number of likely N-dealkylation sites (tertiary alicyclic amines) is 1. The Morgan fingerprint density at radius 2 is 2.05 bits per heavy atom. The minimum atomic E-state index is -0.0878. The molecule has 3 atom stereocenters. The molecule has 0 saturated carbocycles. The maximum Gasteiger partial charge on any atom is 0.227 e. The summed E-state index contributed by atoms with van der Waals surface area (Å²) in [6, 6.07) is 10.5. The Morgan fingerprint density at radius 1 is 1.37 bits per heavy atom. The van der Waals surface area contributed by atoms with E-state index in [-0.39, 0.29) is 11.8 Å². The van der Waals surface area contributed by atoms with Crippen LogP contribution >= 0.6 is 0 Å². The molecule has 1 aromatic rings. The Hall–Kier alpha value is -1.35. The van der Waals surface area contributed by atoms with Crippen molar-refractivity contribution in [3.8, 4) is 0 Å². The van der Waals surface area contributed by atoms with Gasteiger partial charge >= 0.3 is 0 Å². The fourth-order valence-corrected chi connectivity index (χ4v) is 3.01. The van der Waals surface area contributed by atoms with E-state index in [0.29, 0.717) is 18.5 Å². The molecular formula is C16H24N2O. The maximum absolute atomic E-state index is 12.6. The summed E-state index contributed by atoms with van der Waals surface area (Å²) in [4.78, 5) is 14.6. The second kappa shape index (κ2) is 6.20. The highest BCUT2D eigenvalue weighted by Crippen LogP contribution is 2.24. The van der Waals surface area contributed by atoms with E-state index in [2.05, 4.69) is 26.0 Å². The number of benzene rings is 1. The summed E-state index contributed by atoms with van der Waals surface area (Å²) < 4.78 is 0. The third kappa shape index (κ3) is 3.35. The van der Waals surface area contributed by atoms with Crippen LogP contribution in [0.3, 0.4) is 0 Å². The summed E-state index contributed by atoms with van der Waals surface area (Å²) in [5, 5.41) is 0. The number of carbonyl (C=O) groups is 1. The van der Waals surface area contributed by atoms with E-state index in [0.717, 1.165) is 19.4 Å². The summed E-state index contributed by atoms with van der Waals surface area (Å²) in [6.07, 6.45) is 1.85. The molecule has 19 heavy (non-hydrogen) atoms. The molecule has 1 amide bonds. The minimum Gasteiger partial charge on any atom is -0.339 e. The van der Waals surface area contributed by atoms with Gasteiger partial charge in [0.05, 0.1) is 5.92 Å². The number of nitrogens with zero attached hydrogens (tertiary/aromatic N) is 1. The van der Waals surface area contributed by atoms with E-state index < -0.39 is 0 Å². The Morgan fingerprint density at radius 3 is 2.58 bits per heavy atom. The first-order valence-corrected chi connectivity index (χ1v) is 7.16. The zero-order valence-corrected chi connectivity index (χ0v) is 11.9. The first kappa shape index (κ1) is 14.1. The van der Waals surface area contributed by atoms with Gasteiger partial charge in [0.25, 0.3) is 0 Å². The minimum absolute atomic E-state index is 0.0878. The van der Waals surface area contributed by atoms with Crippen LogP contribution in [0.25, 0.3) is 0 Å². The van der Waals surface area contributed by atoms with Crippen LogP contribution in [0.1, 0.15) is 25.8 Å². The average Bonchev–Trinajstić information content (AvgIpc) is 2.75. The fraction of sp³-hybridized carbons (Fsp3) is 0.562. The summed E-state index contributed by atoms with van der Waals surface area (Å²) in [7, 11) is 0. The lowest BCUT2D eigenvalue weighted by molar-refractivity contribution is -0.135. The topological polar surface area (TPSA) is 46.3 Å². The first-order chi connectivity index (χ1) is 9.11. The molecule has 0 aliphatic carbocycles. The zero-order valence-electron chi connectivity index (χ0n) is 11.9. The first-order valence-electron chi connectivity index (χ1n) is 7.16. The molecule has 3 heteroatoms. The van der Waals surface area contributed by atoms with Crippen LogP contribution in [0.15, 0.2) is 30.3 Å². The van der Waals surface area contributed by atoms with Gasteiger partial charge in [-0.05, 0) is 31.2 Å². The van der Waals surface area contributed by atoms with Crippen molar-refractivity contribution < 1.29 is 4.79 Å². The molecule has 2 N–H and O–H groups in total. The number of nitrogens with two attached hydrogens (primary N) is 1. The molecule has 1 aliphatic rings. The Labute approximate surface area is 115 Å². The average molecular weight is 260 g/mol. The second-order valence-electron chi connectivity index (χ2n) is 5.80. The third-order valence-corrected chi connectivity index (χ3v) is 4.03. The van der Waals surface area contributed by atoms with E-state index in [1.807, 2.05) is 23.1 Å². The monoisotopic (exact) mass is 260 g/mol. The van der Waals surface area contributed by atoms with Gasteiger partial charge in [-0.3, -0.25) is 4.79 Å². The predicted molar refractivity (Wildman–Crippen MR) is 77.6 cm³/mol. The standard InChI is InChI=1S/C16H24N2O/c1-12-8-13(2)18(11-12)16(19)15(10-17)9-14-6-4-3-5-7-14/h3-7,12-13,15H,8-11,17H2,1-2H3. The molecule has 1 aromatic carbocycles. The van der Waals surface area contributed by atoms with Crippen molar-refractivity contribution >= 4 is 5.91 Å². The van der Waals surface area contributed by atoms with E-state index in [1.165, 1.54) is 5.56 Å². The number of hydrogen-bond donors (Lipinski definition) is 1. The molecule has 1 saturated heterocycles. The summed E-state index contributed by atoms with van der Waals surface area (Å²) in [5.41, 5.74) is 7.01. The highest BCUT2D eigenvalue weighted by Gasteiger charge is 2.33. The molecule has 1 aliphatic heterocycles. The van der Waals surface area contributed by atoms with E-state index in [4.69, 9.17) is 5.73 Å². The molecule has 104 valence electrons. The molecule has 0 radical (unpaired) electrons. The van der Waals surface area contributed by atoms with Crippen molar-refractivity contribution in [2.24, 2.45) is 17.6 Å². The summed E-state index contributed by atoms with van der Waals surface area (Å²) >= 11 is 0. The van der Waals surface area contributed by atoms with E-state index in [9.17, 15) is 4.79 Å². The van der Waals surface area contributed by atoms with Crippen molar-refractivity contribution in [2.45, 2.75) is 32.7 Å². The number of carbonyl (C=O) groups excluding carboxylic acids is 1. The van der Waals surface area contributed by atoms with Gasteiger partial charge in [-0.15, -0.1) is 0 Å². The third-order valence-electron chi connectivity index (χ3n) is 4.03. The Balaban J connectivity index is 2.03. The molecule has 1 fully saturated rings. The quantitative estimate of drug-likeness (QED) is 0.900. The normalized spacial score (nSPS) is 24.5. The van der Waals surface area contributed by atoms with Gasteiger partial charge < -0.3 is 10.6 Å². The predicted octanol–water partition coefficient (Wildman–Crippen LogP) is 2.06. The lowest BCUT2D eigenvalue weighted by atomic mass is 9.98. The van der Waals surface area contributed by atoms with Crippen molar-refractivity contribution in [3.63, 3.8) is 0 Å². The van der Waals surface area contributed by atoms with Gasteiger partial charge in [-0.25, -0.2) is 0 Å². The van der Waals surface area contributed by atoms with E-state index in [1.54, 1.807) is 0 Å². The molecule has 0 bridgehead atoms. The van der Waals surface area contributed by atoms with Gasteiger partial charge in [-0.2, -0.15) is 0 Å². The second-order valence-corrected chi connectivity index (χ2v) is 5.80. The van der Waals surface area contributed by atoms with Crippen LogP contribution in [0.2, 0.25) is 0 Å². The fourth-order valence-electron chi connectivity index (χ4n) is 3.01. The maximum atomic E-state index is 12.6. The van der Waals surface area contributed by atoms with Gasteiger partial charge in [0.15, 0.2) is 0 Å². The lowest BCUT2D eigenvalue weighted by Crippen LogP contribution is -2.42. The van der Waals surface area contributed by atoms with Crippen LogP contribution in [-0.2, 0) is 11.2 Å². The zero-order chi connectivity index (χ0) is 13.8. The van der Waals surface area contributed by atoms with Crippen molar-refractivity contribution in [1.29, 1.82) is 0 Å². The van der Waals surface area contributed by atoms with Crippen LogP contribution in [-0.4, -0.2) is 29.9 Å². The molecule has 3 unspecified atom stereocenters. The Bertz CT molecular complexity index is 418. The van der Waals surface area contributed by atoms with Gasteiger partial charge in [0.2, 0.25) is 5.91 Å². The van der Waals surface area contributed by atoms with Gasteiger partial charge in [0, 0.05) is 19.1 Å². The highest BCUT2D eigenvalue weighted by atomic mass is 16.2. The molecular weight excluding hydrogens is 236 g/mol. The van der Waals surface area contributed by atoms with Crippen molar-refractivity contribution in [2.75, 3.05) is 13.1 Å². The SMILES string of the molecule is CC1CC(C)N(C(=O)C(CN)Cc2ccccc2)C1. The number of amides is 1. The lowest BCUT2D eigenvalue weighted by Gasteiger charge is -2.26. The van der Waals surface area contributed by atoms with Crippen LogP contribution in [0.4, 0.5) is 0 Å². The van der Waals surface area contributed by atoms with Gasteiger partial charge in [0.1, 0.15) is 0 Å². The van der Waals surface area contributed by atoms with Crippen molar-refractivity contribution in [3.05, 3.63) is 35.9 Å². The number of rotatable bonds is 4. The molecule has 0 aromatic heterocycles. The molecule has 1 heterocycles. The molecule has 2 rings (SSSR count). The highest BCUT2D eigenvalue weighted by molar-refractivity contribution is 5.80. The van der Waals surface area contributed by atoms with Crippen LogP contribution < -0.4 is 5.73 Å².